The predicted molar refractivity (Wildman–Crippen MR) is 150 cm³/mol. The van der Waals surface area contributed by atoms with Gasteiger partial charge in [-0.1, -0.05) is 0 Å². The third-order valence-electron chi connectivity index (χ3n) is 7.29. The number of benzene rings is 1. The summed E-state index contributed by atoms with van der Waals surface area (Å²) < 4.78 is 7.84. The molecular weight excluding hydrogens is 407 g/mol. The summed E-state index contributed by atoms with van der Waals surface area (Å²) in [6, 6.07) is 6.95. The van der Waals surface area contributed by atoms with Gasteiger partial charge in [0, 0.05) is 0 Å². The zero-order valence-corrected chi connectivity index (χ0v) is 24.5. The maximum atomic E-state index is 7.84. The van der Waals surface area contributed by atoms with Crippen LogP contribution in [-0.2, 0) is 10.8 Å². The maximum absolute atomic E-state index is 7.84. The van der Waals surface area contributed by atoms with Crippen molar-refractivity contribution in [1.29, 1.82) is 0 Å². The van der Waals surface area contributed by atoms with E-state index < -0.39 is 6.83 Å². The summed E-state index contributed by atoms with van der Waals surface area (Å²) in [5, 5.41) is 0. The average Bonchev–Trinajstić information content (AvgIpc) is 2.72. The zero-order chi connectivity index (χ0) is 24.5. The first-order chi connectivity index (χ1) is 14.9. The van der Waals surface area contributed by atoms with Crippen LogP contribution < -0.4 is 4.52 Å². The van der Waals surface area contributed by atoms with Crippen LogP contribution in [0.2, 0.25) is 0 Å². The van der Waals surface area contributed by atoms with E-state index in [0.29, 0.717) is 0 Å². The standard InChI is InChI=1S/C30H57OP/c1-11-15-22-32(23-16-12-2,24-17-13-3,25-18-14-4)31-28-26(29(5,6)7)20-19-21-27(28)30(8,9)10/h19-21H,11-18,22-25H2,1-10H3. The van der Waals surface area contributed by atoms with E-state index in [4.69, 9.17) is 4.52 Å². The van der Waals surface area contributed by atoms with E-state index in [1.807, 2.05) is 0 Å². The third-order valence-corrected chi connectivity index (χ3v) is 13.8. The van der Waals surface area contributed by atoms with E-state index in [-0.39, 0.29) is 10.8 Å². The molecule has 32 heavy (non-hydrogen) atoms. The van der Waals surface area contributed by atoms with Crippen molar-refractivity contribution in [2.24, 2.45) is 0 Å². The molecule has 0 bridgehead atoms. The molecule has 1 aromatic carbocycles. The first-order valence-electron chi connectivity index (χ1n) is 13.7. The number of hydrogen-bond donors (Lipinski definition) is 0. The van der Waals surface area contributed by atoms with Crippen LogP contribution in [0.25, 0.3) is 0 Å². The van der Waals surface area contributed by atoms with Gasteiger partial charge >= 0.3 is 203 Å². The Balaban J connectivity index is 3.87. The van der Waals surface area contributed by atoms with Crippen LogP contribution in [0.1, 0.15) is 132 Å². The third kappa shape index (κ3) is 7.75. The summed E-state index contributed by atoms with van der Waals surface area (Å²) in [4.78, 5) is 0. The van der Waals surface area contributed by atoms with Crippen molar-refractivity contribution in [3.63, 3.8) is 0 Å². The Labute approximate surface area is 202 Å². The summed E-state index contributed by atoms with van der Waals surface area (Å²) in [5.41, 5.74) is 2.95. The number of rotatable bonds is 14. The average molecular weight is 465 g/mol. The minimum absolute atomic E-state index is 0.0710. The van der Waals surface area contributed by atoms with Gasteiger partial charge in [0.05, 0.1) is 0 Å². The number of hydrogen-bond acceptors (Lipinski definition) is 1. The minimum atomic E-state index is -2.40. The monoisotopic (exact) mass is 464 g/mol. The molecule has 0 amide bonds. The molecule has 188 valence electrons. The van der Waals surface area contributed by atoms with E-state index >= 15 is 0 Å². The second kappa shape index (κ2) is 12.2. The number of unbranched alkanes of at least 4 members (excludes halogenated alkanes) is 4. The molecule has 1 rings (SSSR count). The molecule has 0 unspecified atom stereocenters. The van der Waals surface area contributed by atoms with Crippen molar-refractivity contribution >= 4 is 6.83 Å². The van der Waals surface area contributed by atoms with Crippen molar-refractivity contribution < 1.29 is 4.52 Å². The Kier molecular flexibility index (Phi) is 11.3. The molecular formula is C30H57OP. The van der Waals surface area contributed by atoms with E-state index in [2.05, 4.69) is 87.4 Å². The fraction of sp³-hybridized carbons (Fsp3) is 0.800. The van der Waals surface area contributed by atoms with E-state index in [0.717, 1.165) is 0 Å². The molecule has 0 radical (unpaired) electrons. The summed E-state index contributed by atoms with van der Waals surface area (Å²) >= 11 is 0. The quantitative estimate of drug-likeness (QED) is 0.249. The zero-order valence-electron chi connectivity index (χ0n) is 23.6. The van der Waals surface area contributed by atoms with Crippen molar-refractivity contribution in [1.82, 2.24) is 0 Å². The van der Waals surface area contributed by atoms with Gasteiger partial charge < -0.3 is 0 Å². The summed E-state index contributed by atoms with van der Waals surface area (Å²) in [5.74, 6) is 1.25. The Bertz CT molecular complexity index is 601. The van der Waals surface area contributed by atoms with Gasteiger partial charge in [0.15, 0.2) is 0 Å². The summed E-state index contributed by atoms with van der Waals surface area (Å²) in [7, 11) is 0. The van der Waals surface area contributed by atoms with Crippen LogP contribution in [0.3, 0.4) is 0 Å². The van der Waals surface area contributed by atoms with Gasteiger partial charge in [-0.3, -0.25) is 0 Å². The molecule has 0 saturated heterocycles. The van der Waals surface area contributed by atoms with Crippen LogP contribution in [0, 0.1) is 0 Å². The number of para-hydroxylation sites is 1. The Morgan fingerprint density at radius 1 is 0.594 bits per heavy atom. The Morgan fingerprint density at radius 3 is 1.16 bits per heavy atom. The molecule has 0 spiro atoms. The second-order valence-electron chi connectivity index (χ2n) is 12.4. The molecule has 1 aromatic rings. The van der Waals surface area contributed by atoms with E-state index in [9.17, 15) is 0 Å². The second-order valence-corrected chi connectivity index (χ2v) is 18.1. The molecule has 0 N–H and O–H groups in total. The first kappa shape index (κ1) is 29.5. The molecule has 0 aromatic heterocycles. The van der Waals surface area contributed by atoms with Gasteiger partial charge in [0.2, 0.25) is 0 Å². The Hall–Kier alpha value is -0.550. The molecule has 0 aliphatic carbocycles. The van der Waals surface area contributed by atoms with Gasteiger partial charge in [0.25, 0.3) is 0 Å². The molecule has 0 heterocycles. The summed E-state index contributed by atoms with van der Waals surface area (Å²) in [6.45, 7) is 21.1. The van der Waals surface area contributed by atoms with E-state index in [1.54, 1.807) is 0 Å². The van der Waals surface area contributed by atoms with Crippen molar-refractivity contribution in [3.8, 4) is 5.75 Å². The van der Waals surface area contributed by atoms with Crippen LogP contribution in [0.5, 0.6) is 5.75 Å². The molecule has 0 aliphatic heterocycles. The molecule has 0 aliphatic rings. The van der Waals surface area contributed by atoms with Gasteiger partial charge in [0.1, 0.15) is 0 Å². The fourth-order valence-corrected chi connectivity index (χ4v) is 12.0. The van der Waals surface area contributed by atoms with E-state index in [1.165, 1.54) is 92.9 Å². The van der Waals surface area contributed by atoms with Crippen molar-refractivity contribution in [2.45, 2.75) is 131 Å². The molecule has 0 atom stereocenters. The molecule has 0 saturated carbocycles. The Morgan fingerprint density at radius 2 is 0.906 bits per heavy atom. The van der Waals surface area contributed by atoms with Gasteiger partial charge in [-0.15, -0.1) is 0 Å². The predicted octanol–water partition coefficient (Wildman–Crippen LogP) is 10.3. The topological polar surface area (TPSA) is 9.23 Å². The van der Waals surface area contributed by atoms with Gasteiger partial charge in [-0.05, 0) is 0 Å². The van der Waals surface area contributed by atoms with Gasteiger partial charge in [-0.25, -0.2) is 0 Å². The summed E-state index contributed by atoms with van der Waals surface area (Å²) in [6.07, 6.45) is 15.5. The van der Waals surface area contributed by atoms with Gasteiger partial charge in [-0.2, -0.15) is 0 Å². The fourth-order valence-electron chi connectivity index (χ4n) is 5.16. The van der Waals surface area contributed by atoms with Crippen LogP contribution in [0.15, 0.2) is 18.2 Å². The first-order valence-corrected chi connectivity index (χ1v) is 16.6. The van der Waals surface area contributed by atoms with Crippen LogP contribution in [0.4, 0.5) is 0 Å². The molecule has 2 heteroatoms. The van der Waals surface area contributed by atoms with Crippen LogP contribution in [-0.4, -0.2) is 24.6 Å². The molecule has 0 fully saturated rings. The molecule has 1 nitrogen and oxygen atoms in total. The SMILES string of the molecule is CCCCP(CCCC)(CCCC)(CCCC)Oc1c(C(C)(C)C)cccc1C(C)(C)C. The normalized spacial score (nSPS) is 14.2. The van der Waals surface area contributed by atoms with Crippen molar-refractivity contribution in [2.75, 3.05) is 24.6 Å². The van der Waals surface area contributed by atoms with Crippen LogP contribution >= 0.6 is 6.83 Å². The van der Waals surface area contributed by atoms with Crippen molar-refractivity contribution in [3.05, 3.63) is 29.3 Å².